The van der Waals surface area contributed by atoms with Crippen LogP contribution in [0.1, 0.15) is 32.1 Å². The maximum atomic E-state index is 10.4. The van der Waals surface area contributed by atoms with E-state index in [1.807, 2.05) is 0 Å². The molecule has 0 saturated heterocycles. The minimum atomic E-state index is -0.480. The molecular weight excluding hydrogens is 164 g/mol. The van der Waals surface area contributed by atoms with E-state index in [2.05, 4.69) is 0 Å². The van der Waals surface area contributed by atoms with Crippen LogP contribution < -0.4 is 11.5 Å². The lowest BCUT2D eigenvalue weighted by molar-refractivity contribution is -0.0260. The fraction of sp³-hybridized carbons (Fsp3) is 1.00. The minimum absolute atomic E-state index is 0.0664. The number of aliphatic hydroxyl groups is 1. The molecule has 0 amide bonds. The van der Waals surface area contributed by atoms with Gasteiger partial charge in [-0.25, -0.2) is 0 Å². The Morgan fingerprint density at radius 2 is 1.92 bits per heavy atom. The Kier molecular flexibility index (Phi) is 2.13. The summed E-state index contributed by atoms with van der Waals surface area (Å²) in [4.78, 5) is 0. The molecule has 2 rings (SSSR count). The molecule has 2 unspecified atom stereocenters. The standard InChI is InChI=1S/C10H20N2O/c11-6-8-1-2-10(13,5-8)9(7-12)3-4-9/h8,13H,1-7,11-12H2. The Hall–Kier alpha value is -0.120. The molecule has 76 valence electrons. The van der Waals surface area contributed by atoms with Gasteiger partial charge in [0.15, 0.2) is 0 Å². The first-order chi connectivity index (χ1) is 6.16. The number of rotatable bonds is 3. The molecule has 3 nitrogen and oxygen atoms in total. The Balaban J connectivity index is 2.06. The summed E-state index contributed by atoms with van der Waals surface area (Å²) in [5, 5.41) is 10.4. The summed E-state index contributed by atoms with van der Waals surface area (Å²) in [6.07, 6.45) is 5.08. The van der Waals surface area contributed by atoms with Crippen LogP contribution in [0.15, 0.2) is 0 Å². The molecule has 2 aliphatic rings. The van der Waals surface area contributed by atoms with Crippen molar-refractivity contribution in [2.24, 2.45) is 22.8 Å². The number of nitrogens with two attached hydrogens (primary N) is 2. The monoisotopic (exact) mass is 184 g/mol. The summed E-state index contributed by atoms with van der Waals surface area (Å²) in [7, 11) is 0. The second-order valence-electron chi connectivity index (χ2n) is 4.86. The van der Waals surface area contributed by atoms with Crippen molar-refractivity contribution in [1.29, 1.82) is 0 Å². The van der Waals surface area contributed by atoms with Crippen LogP contribution in [0.25, 0.3) is 0 Å². The van der Waals surface area contributed by atoms with Crippen molar-refractivity contribution in [3.8, 4) is 0 Å². The Morgan fingerprint density at radius 1 is 1.23 bits per heavy atom. The van der Waals surface area contributed by atoms with Gasteiger partial charge in [0.1, 0.15) is 0 Å². The van der Waals surface area contributed by atoms with Crippen LogP contribution in [0.2, 0.25) is 0 Å². The van der Waals surface area contributed by atoms with Gasteiger partial charge in [0.05, 0.1) is 5.60 Å². The van der Waals surface area contributed by atoms with E-state index in [1.54, 1.807) is 0 Å². The predicted molar refractivity (Wildman–Crippen MR) is 52.1 cm³/mol. The van der Waals surface area contributed by atoms with Gasteiger partial charge in [0.25, 0.3) is 0 Å². The van der Waals surface area contributed by atoms with E-state index >= 15 is 0 Å². The van der Waals surface area contributed by atoms with Gasteiger partial charge >= 0.3 is 0 Å². The molecule has 3 heteroatoms. The van der Waals surface area contributed by atoms with E-state index < -0.39 is 5.60 Å². The van der Waals surface area contributed by atoms with Crippen molar-refractivity contribution in [2.75, 3.05) is 13.1 Å². The van der Waals surface area contributed by atoms with Gasteiger partial charge in [0, 0.05) is 12.0 Å². The molecule has 0 aromatic rings. The molecule has 0 bridgehead atoms. The lowest BCUT2D eigenvalue weighted by Gasteiger charge is -2.32. The average molecular weight is 184 g/mol. The molecule has 0 aromatic heterocycles. The first-order valence-corrected chi connectivity index (χ1v) is 5.28. The van der Waals surface area contributed by atoms with Gasteiger partial charge < -0.3 is 16.6 Å². The van der Waals surface area contributed by atoms with E-state index in [9.17, 15) is 5.11 Å². The molecule has 0 spiro atoms. The number of hydrogen-bond acceptors (Lipinski definition) is 3. The molecule has 0 heterocycles. The highest BCUT2D eigenvalue weighted by atomic mass is 16.3. The SMILES string of the molecule is NCC1CCC(O)(C2(CN)CC2)C1. The molecule has 0 aliphatic heterocycles. The first kappa shape index (κ1) is 9.44. The van der Waals surface area contributed by atoms with E-state index in [4.69, 9.17) is 11.5 Å². The van der Waals surface area contributed by atoms with Crippen LogP contribution in [0.4, 0.5) is 0 Å². The van der Waals surface area contributed by atoms with Crippen LogP contribution in [-0.4, -0.2) is 23.8 Å². The van der Waals surface area contributed by atoms with Crippen molar-refractivity contribution in [2.45, 2.75) is 37.7 Å². The van der Waals surface area contributed by atoms with E-state index in [1.165, 1.54) is 0 Å². The third kappa shape index (κ3) is 1.30. The van der Waals surface area contributed by atoms with Crippen molar-refractivity contribution < 1.29 is 5.11 Å². The number of hydrogen-bond donors (Lipinski definition) is 3. The molecule has 2 aliphatic carbocycles. The van der Waals surface area contributed by atoms with Crippen LogP contribution >= 0.6 is 0 Å². The minimum Gasteiger partial charge on any atom is -0.389 e. The Morgan fingerprint density at radius 3 is 2.31 bits per heavy atom. The Bertz CT molecular complexity index is 203. The molecule has 2 atom stereocenters. The maximum absolute atomic E-state index is 10.4. The molecule has 0 radical (unpaired) electrons. The topological polar surface area (TPSA) is 72.3 Å². The summed E-state index contributed by atoms with van der Waals surface area (Å²) in [6, 6.07) is 0. The summed E-state index contributed by atoms with van der Waals surface area (Å²) in [5.41, 5.74) is 10.9. The zero-order valence-corrected chi connectivity index (χ0v) is 8.13. The van der Waals surface area contributed by atoms with Gasteiger partial charge in [-0.3, -0.25) is 0 Å². The third-order valence-electron chi connectivity index (χ3n) is 4.16. The predicted octanol–water partition coefficient (Wildman–Crippen LogP) is 0.215. The van der Waals surface area contributed by atoms with Crippen molar-refractivity contribution in [3.63, 3.8) is 0 Å². The smallest absolute Gasteiger partial charge is 0.0719 e. The summed E-state index contributed by atoms with van der Waals surface area (Å²) in [6.45, 7) is 1.35. The normalized spacial score (nSPS) is 42.2. The van der Waals surface area contributed by atoms with Crippen LogP contribution in [-0.2, 0) is 0 Å². The summed E-state index contributed by atoms with van der Waals surface area (Å²) < 4.78 is 0. The zero-order valence-electron chi connectivity index (χ0n) is 8.13. The van der Waals surface area contributed by atoms with Crippen LogP contribution in [0, 0.1) is 11.3 Å². The van der Waals surface area contributed by atoms with E-state index in [-0.39, 0.29) is 5.41 Å². The molecule has 13 heavy (non-hydrogen) atoms. The van der Waals surface area contributed by atoms with Gasteiger partial charge in [-0.1, -0.05) is 0 Å². The highest BCUT2D eigenvalue weighted by Gasteiger charge is 2.59. The molecule has 0 aromatic carbocycles. The quantitative estimate of drug-likeness (QED) is 0.587. The lowest BCUT2D eigenvalue weighted by Crippen LogP contribution is -2.42. The molecule has 2 fully saturated rings. The van der Waals surface area contributed by atoms with Crippen molar-refractivity contribution >= 4 is 0 Å². The van der Waals surface area contributed by atoms with Crippen molar-refractivity contribution in [3.05, 3.63) is 0 Å². The molecule has 2 saturated carbocycles. The fourth-order valence-electron chi connectivity index (χ4n) is 2.82. The van der Waals surface area contributed by atoms with Crippen LogP contribution in [0.5, 0.6) is 0 Å². The first-order valence-electron chi connectivity index (χ1n) is 5.28. The summed E-state index contributed by atoms with van der Waals surface area (Å²) >= 11 is 0. The van der Waals surface area contributed by atoms with Gasteiger partial charge in [-0.15, -0.1) is 0 Å². The second kappa shape index (κ2) is 2.94. The Labute approximate surface area is 79.5 Å². The third-order valence-corrected chi connectivity index (χ3v) is 4.16. The second-order valence-corrected chi connectivity index (χ2v) is 4.86. The maximum Gasteiger partial charge on any atom is 0.0719 e. The molecule has 5 N–H and O–H groups in total. The summed E-state index contributed by atoms with van der Waals surface area (Å²) in [5.74, 6) is 0.522. The van der Waals surface area contributed by atoms with Gasteiger partial charge in [0.2, 0.25) is 0 Å². The largest absolute Gasteiger partial charge is 0.389 e. The average Bonchev–Trinajstić information content (AvgIpc) is 2.86. The van der Waals surface area contributed by atoms with Crippen LogP contribution in [0.3, 0.4) is 0 Å². The van der Waals surface area contributed by atoms with Gasteiger partial charge in [-0.05, 0) is 44.6 Å². The van der Waals surface area contributed by atoms with Crippen molar-refractivity contribution in [1.82, 2.24) is 0 Å². The van der Waals surface area contributed by atoms with Gasteiger partial charge in [-0.2, -0.15) is 0 Å². The molecular formula is C10H20N2O. The highest BCUT2D eigenvalue weighted by Crippen LogP contribution is 2.59. The zero-order chi connectivity index (χ0) is 9.53. The fourth-order valence-corrected chi connectivity index (χ4v) is 2.82. The van der Waals surface area contributed by atoms with E-state index in [0.717, 1.165) is 32.1 Å². The van der Waals surface area contributed by atoms with E-state index in [0.29, 0.717) is 19.0 Å². The lowest BCUT2D eigenvalue weighted by atomic mass is 9.82. The highest BCUT2D eigenvalue weighted by molar-refractivity contribution is 5.11.